The van der Waals surface area contributed by atoms with Crippen LogP contribution in [0.3, 0.4) is 0 Å². The summed E-state index contributed by atoms with van der Waals surface area (Å²) in [5, 5.41) is 30.2. The molecule has 2 aromatic carbocycles. The summed E-state index contributed by atoms with van der Waals surface area (Å²) in [5.74, 6) is 0.481. The van der Waals surface area contributed by atoms with Gasteiger partial charge in [0.2, 0.25) is 0 Å². The SMILES string of the molecule is N#Cc1cc(OCCO)ccc1N1CCN(C[C@@H](O)c2ccc(C(F)(F)F)nc2)C[C@H]1c1ccc(Cl)cc1. The van der Waals surface area contributed by atoms with Crippen LogP contribution < -0.4 is 9.64 Å². The van der Waals surface area contributed by atoms with Gasteiger partial charge in [-0.2, -0.15) is 18.4 Å². The minimum Gasteiger partial charge on any atom is -0.491 e. The van der Waals surface area contributed by atoms with Crippen molar-refractivity contribution in [2.45, 2.75) is 18.3 Å². The van der Waals surface area contributed by atoms with Gasteiger partial charge < -0.3 is 19.8 Å². The first-order valence-corrected chi connectivity index (χ1v) is 12.3. The van der Waals surface area contributed by atoms with Crippen molar-refractivity contribution in [3.63, 3.8) is 0 Å². The van der Waals surface area contributed by atoms with Gasteiger partial charge in [0, 0.05) is 43.0 Å². The zero-order valence-electron chi connectivity index (χ0n) is 20.3. The third kappa shape index (κ3) is 6.55. The second-order valence-electron chi connectivity index (χ2n) is 8.87. The summed E-state index contributed by atoms with van der Waals surface area (Å²) < 4.78 is 44.0. The molecule has 0 amide bonds. The largest absolute Gasteiger partial charge is 0.491 e. The highest BCUT2D eigenvalue weighted by Gasteiger charge is 2.33. The molecule has 0 aliphatic carbocycles. The summed E-state index contributed by atoms with van der Waals surface area (Å²) in [6.07, 6.45) is -4.52. The molecule has 0 saturated carbocycles. The highest BCUT2D eigenvalue weighted by molar-refractivity contribution is 6.30. The van der Waals surface area contributed by atoms with Gasteiger partial charge in [-0.3, -0.25) is 9.88 Å². The summed E-state index contributed by atoms with van der Waals surface area (Å²) in [6.45, 7) is 1.73. The van der Waals surface area contributed by atoms with E-state index in [1.807, 2.05) is 23.1 Å². The van der Waals surface area contributed by atoms with Crippen molar-refractivity contribution in [2.24, 2.45) is 0 Å². The van der Waals surface area contributed by atoms with Gasteiger partial charge in [0.05, 0.1) is 30.0 Å². The average molecular weight is 547 g/mol. The molecule has 2 N–H and O–H groups in total. The van der Waals surface area contributed by atoms with Crippen LogP contribution in [0.1, 0.15) is 34.5 Å². The predicted molar refractivity (Wildman–Crippen MR) is 136 cm³/mol. The van der Waals surface area contributed by atoms with Gasteiger partial charge in [-0.15, -0.1) is 0 Å². The highest BCUT2D eigenvalue weighted by Crippen LogP contribution is 2.35. The van der Waals surface area contributed by atoms with Crippen molar-refractivity contribution in [1.82, 2.24) is 9.88 Å². The van der Waals surface area contributed by atoms with Gasteiger partial charge in [-0.25, -0.2) is 0 Å². The zero-order chi connectivity index (χ0) is 27.3. The van der Waals surface area contributed by atoms with Crippen LogP contribution in [0.5, 0.6) is 5.75 Å². The number of pyridine rings is 1. The normalized spacial score (nSPS) is 17.2. The number of anilines is 1. The Bertz CT molecular complexity index is 1270. The number of aromatic nitrogens is 1. The monoisotopic (exact) mass is 546 g/mol. The second-order valence-corrected chi connectivity index (χ2v) is 9.31. The Morgan fingerprint density at radius 2 is 1.89 bits per heavy atom. The van der Waals surface area contributed by atoms with E-state index in [-0.39, 0.29) is 25.8 Å². The number of nitrogens with zero attached hydrogens (tertiary/aromatic N) is 4. The van der Waals surface area contributed by atoms with Crippen molar-refractivity contribution >= 4 is 17.3 Å². The van der Waals surface area contributed by atoms with Crippen LogP contribution in [-0.2, 0) is 6.18 Å². The molecule has 0 spiro atoms. The first-order valence-electron chi connectivity index (χ1n) is 11.9. The van der Waals surface area contributed by atoms with Crippen LogP contribution in [0, 0.1) is 11.3 Å². The highest BCUT2D eigenvalue weighted by atomic mass is 35.5. The van der Waals surface area contributed by atoms with E-state index in [1.165, 1.54) is 6.07 Å². The van der Waals surface area contributed by atoms with Crippen LogP contribution in [0.15, 0.2) is 60.8 Å². The minimum absolute atomic E-state index is 0.118. The van der Waals surface area contributed by atoms with Crippen molar-refractivity contribution in [1.29, 1.82) is 5.26 Å². The fourth-order valence-corrected chi connectivity index (χ4v) is 4.62. The molecule has 1 aliphatic heterocycles. The lowest BCUT2D eigenvalue weighted by atomic mass is 9.99. The Morgan fingerprint density at radius 1 is 1.13 bits per heavy atom. The van der Waals surface area contributed by atoms with Crippen molar-refractivity contribution in [3.05, 3.63) is 88.2 Å². The number of aliphatic hydroxyl groups excluding tert-OH is 2. The first kappa shape index (κ1) is 27.7. The van der Waals surface area contributed by atoms with E-state index in [1.54, 1.807) is 24.3 Å². The number of alkyl halides is 3. The summed E-state index contributed by atoms with van der Waals surface area (Å²) in [5.41, 5.74) is 1.38. The predicted octanol–water partition coefficient (Wildman–Crippen LogP) is 4.59. The van der Waals surface area contributed by atoms with Gasteiger partial charge in [-0.05, 0) is 42.0 Å². The summed E-state index contributed by atoms with van der Waals surface area (Å²) in [6, 6.07) is 16.7. The molecule has 0 unspecified atom stereocenters. The van der Waals surface area contributed by atoms with E-state index in [4.69, 9.17) is 21.4 Å². The Labute approximate surface area is 223 Å². The number of piperazine rings is 1. The lowest BCUT2D eigenvalue weighted by molar-refractivity contribution is -0.141. The second kappa shape index (κ2) is 12.0. The number of halogens is 4. The molecule has 38 heavy (non-hydrogen) atoms. The molecule has 1 aliphatic rings. The molecular formula is C27H26ClF3N4O3. The molecular weight excluding hydrogens is 521 g/mol. The third-order valence-corrected chi connectivity index (χ3v) is 6.62. The molecule has 0 bridgehead atoms. The Balaban J connectivity index is 1.56. The molecule has 1 fully saturated rings. The number of nitriles is 1. The van der Waals surface area contributed by atoms with E-state index in [0.717, 1.165) is 23.5 Å². The quantitative estimate of drug-likeness (QED) is 0.427. The van der Waals surface area contributed by atoms with Crippen LogP contribution in [-0.4, -0.2) is 59.5 Å². The zero-order valence-corrected chi connectivity index (χ0v) is 21.0. The maximum absolute atomic E-state index is 12.8. The van der Waals surface area contributed by atoms with E-state index >= 15 is 0 Å². The summed E-state index contributed by atoms with van der Waals surface area (Å²) >= 11 is 6.11. The van der Waals surface area contributed by atoms with E-state index < -0.39 is 18.0 Å². The molecule has 11 heteroatoms. The van der Waals surface area contributed by atoms with Crippen molar-refractivity contribution < 1.29 is 28.1 Å². The number of hydrogen-bond donors (Lipinski definition) is 2. The van der Waals surface area contributed by atoms with E-state index in [2.05, 4.69) is 16.0 Å². The molecule has 4 rings (SSSR count). The lowest BCUT2D eigenvalue weighted by Gasteiger charge is -2.44. The standard InChI is InChI=1S/C27H26ClF3N4O3/c28-21-4-1-18(2-5-21)24-16-34(17-25(37)19-3-8-26(33-15-19)27(29,30)31)9-10-35(24)23-7-6-22(38-12-11-36)13-20(23)14-32/h1-8,13,15,24-25,36-37H,9-12,16-17H2/t24-,25+/m0/s1. The maximum atomic E-state index is 12.8. The Kier molecular flexibility index (Phi) is 8.74. The Morgan fingerprint density at radius 3 is 2.53 bits per heavy atom. The van der Waals surface area contributed by atoms with E-state index in [0.29, 0.717) is 41.5 Å². The number of aliphatic hydroxyl groups is 2. The number of ether oxygens (including phenoxy) is 1. The molecule has 200 valence electrons. The fourth-order valence-electron chi connectivity index (χ4n) is 4.49. The number of rotatable bonds is 8. The van der Waals surface area contributed by atoms with Crippen LogP contribution in [0.2, 0.25) is 5.02 Å². The fraction of sp³-hybridized carbons (Fsp3) is 0.333. The average Bonchev–Trinajstić information content (AvgIpc) is 2.92. The lowest BCUT2D eigenvalue weighted by Crippen LogP contribution is -2.49. The summed E-state index contributed by atoms with van der Waals surface area (Å²) in [7, 11) is 0. The molecule has 1 aromatic heterocycles. The first-order chi connectivity index (χ1) is 18.2. The number of benzene rings is 2. The van der Waals surface area contributed by atoms with Crippen LogP contribution in [0.25, 0.3) is 0 Å². The third-order valence-electron chi connectivity index (χ3n) is 6.37. The molecule has 2 atom stereocenters. The van der Waals surface area contributed by atoms with E-state index in [9.17, 15) is 23.5 Å². The topological polar surface area (TPSA) is 92.9 Å². The molecule has 7 nitrogen and oxygen atoms in total. The van der Waals surface area contributed by atoms with Gasteiger partial charge in [0.25, 0.3) is 0 Å². The maximum Gasteiger partial charge on any atom is 0.433 e. The number of hydrogen-bond acceptors (Lipinski definition) is 7. The minimum atomic E-state index is -4.54. The van der Waals surface area contributed by atoms with Gasteiger partial charge >= 0.3 is 6.18 Å². The van der Waals surface area contributed by atoms with Crippen LogP contribution in [0.4, 0.5) is 18.9 Å². The van der Waals surface area contributed by atoms with Gasteiger partial charge in [0.15, 0.2) is 0 Å². The van der Waals surface area contributed by atoms with Crippen LogP contribution >= 0.6 is 11.6 Å². The van der Waals surface area contributed by atoms with Crippen molar-refractivity contribution in [3.8, 4) is 11.8 Å². The molecule has 1 saturated heterocycles. The molecule has 0 radical (unpaired) electrons. The van der Waals surface area contributed by atoms with Crippen molar-refractivity contribution in [2.75, 3.05) is 44.3 Å². The molecule has 2 heterocycles. The Hall–Kier alpha value is -3.36. The molecule has 3 aromatic rings. The number of β-amino-alcohol motifs (C(OH)–C–C–N with tert-alkyl or cyclic N) is 1. The van der Waals surface area contributed by atoms with Gasteiger partial charge in [-0.1, -0.05) is 29.8 Å². The van der Waals surface area contributed by atoms with Gasteiger partial charge in [0.1, 0.15) is 24.1 Å². The smallest absolute Gasteiger partial charge is 0.433 e. The summed E-state index contributed by atoms with van der Waals surface area (Å²) in [4.78, 5) is 7.59.